The first-order valence-electron chi connectivity index (χ1n) is 29.2. The highest BCUT2D eigenvalue weighted by Gasteiger charge is 2.19. The first-order valence-corrected chi connectivity index (χ1v) is 29.2. The van der Waals surface area contributed by atoms with Gasteiger partial charge in [0.15, 0.2) is 6.10 Å². The number of ether oxygens (including phenoxy) is 3. The minimum absolute atomic E-state index is 0.100. The molecular formula is C66H106O6. The molecule has 0 bridgehead atoms. The minimum atomic E-state index is -0.806. The Labute approximate surface area is 443 Å². The second kappa shape index (κ2) is 59.1. The van der Waals surface area contributed by atoms with Crippen LogP contribution < -0.4 is 0 Å². The number of hydrogen-bond donors (Lipinski definition) is 0. The molecule has 0 fully saturated rings. The number of unbranched alkanes of at least 4 members (excludes halogenated alkanes) is 18. The van der Waals surface area contributed by atoms with Gasteiger partial charge in [0.2, 0.25) is 0 Å². The Bertz CT molecular complexity index is 1560. The standard InChI is InChI=1S/C66H106O6/c1-4-7-10-13-16-19-21-23-25-27-29-31-32-33-34-36-37-39-41-43-45-47-50-53-56-59-65(68)71-62-63(61-70-64(67)58-55-52-49-18-15-12-9-6-3)72-66(69)60-57-54-51-48-46-44-42-40-38-35-30-28-26-24-22-20-17-14-11-8-5-2/h7-8,10-11,16-17,19-20,23-26,29-31,33-35,40,42,46,48,63H,4-6,9,12-15,18,21-22,27-28,32,36-39,41,43-45,47,49-62H2,1-3H3/b10-7-,11-8-,19-16-,20-17-,25-23-,26-24-,31-29-,34-33-,35-30-,42-40-,48-46-. The predicted molar refractivity (Wildman–Crippen MR) is 311 cm³/mol. The maximum Gasteiger partial charge on any atom is 0.306 e. The van der Waals surface area contributed by atoms with Crippen molar-refractivity contribution in [1.82, 2.24) is 0 Å². The van der Waals surface area contributed by atoms with Crippen molar-refractivity contribution in [2.75, 3.05) is 13.2 Å². The lowest BCUT2D eigenvalue weighted by atomic mass is 10.1. The van der Waals surface area contributed by atoms with E-state index in [2.05, 4.69) is 154 Å². The number of allylic oxidation sites excluding steroid dienone is 22. The molecule has 0 N–H and O–H groups in total. The summed E-state index contributed by atoms with van der Waals surface area (Å²) >= 11 is 0. The van der Waals surface area contributed by atoms with E-state index in [4.69, 9.17) is 14.2 Å². The van der Waals surface area contributed by atoms with Gasteiger partial charge in [-0.25, -0.2) is 0 Å². The van der Waals surface area contributed by atoms with Gasteiger partial charge in [-0.15, -0.1) is 0 Å². The molecule has 0 spiro atoms. The average molecular weight is 996 g/mol. The van der Waals surface area contributed by atoms with Crippen LogP contribution in [0.3, 0.4) is 0 Å². The van der Waals surface area contributed by atoms with Crippen molar-refractivity contribution in [3.63, 3.8) is 0 Å². The van der Waals surface area contributed by atoms with Crippen LogP contribution in [0.2, 0.25) is 0 Å². The zero-order valence-electron chi connectivity index (χ0n) is 46.4. The van der Waals surface area contributed by atoms with Gasteiger partial charge in [-0.1, -0.05) is 244 Å². The molecule has 1 atom stereocenters. The van der Waals surface area contributed by atoms with Crippen molar-refractivity contribution in [3.8, 4) is 0 Å². The summed E-state index contributed by atoms with van der Waals surface area (Å²) in [5, 5.41) is 0. The molecule has 0 aromatic heterocycles. The van der Waals surface area contributed by atoms with Crippen LogP contribution in [-0.2, 0) is 28.6 Å². The Kier molecular flexibility index (Phi) is 55.5. The summed E-state index contributed by atoms with van der Waals surface area (Å²) < 4.78 is 16.8. The molecule has 0 heterocycles. The smallest absolute Gasteiger partial charge is 0.306 e. The van der Waals surface area contributed by atoms with Gasteiger partial charge < -0.3 is 14.2 Å². The molecule has 0 aliphatic rings. The highest BCUT2D eigenvalue weighted by atomic mass is 16.6. The molecule has 72 heavy (non-hydrogen) atoms. The van der Waals surface area contributed by atoms with Gasteiger partial charge in [-0.2, -0.15) is 0 Å². The molecule has 0 saturated carbocycles. The lowest BCUT2D eigenvalue weighted by molar-refractivity contribution is -0.167. The van der Waals surface area contributed by atoms with Crippen LogP contribution in [-0.4, -0.2) is 37.2 Å². The first-order chi connectivity index (χ1) is 35.5. The van der Waals surface area contributed by atoms with E-state index >= 15 is 0 Å². The molecule has 0 saturated heterocycles. The largest absolute Gasteiger partial charge is 0.462 e. The number of rotatable bonds is 51. The van der Waals surface area contributed by atoms with Crippen LogP contribution >= 0.6 is 0 Å². The van der Waals surface area contributed by atoms with E-state index in [0.717, 1.165) is 128 Å². The van der Waals surface area contributed by atoms with Crippen molar-refractivity contribution < 1.29 is 28.6 Å². The third-order valence-electron chi connectivity index (χ3n) is 11.9. The van der Waals surface area contributed by atoms with Gasteiger partial charge in [0.05, 0.1) is 0 Å². The molecule has 0 aromatic carbocycles. The Balaban J connectivity index is 4.33. The van der Waals surface area contributed by atoms with Crippen LogP contribution in [0.5, 0.6) is 0 Å². The van der Waals surface area contributed by atoms with Gasteiger partial charge in [0.1, 0.15) is 13.2 Å². The normalized spacial score (nSPS) is 13.1. The van der Waals surface area contributed by atoms with Crippen molar-refractivity contribution >= 4 is 17.9 Å². The average Bonchev–Trinajstić information content (AvgIpc) is 3.38. The molecule has 0 aliphatic carbocycles. The topological polar surface area (TPSA) is 78.9 Å². The van der Waals surface area contributed by atoms with E-state index in [1.54, 1.807) is 0 Å². The van der Waals surface area contributed by atoms with Crippen molar-refractivity contribution in [1.29, 1.82) is 0 Å². The third-order valence-corrected chi connectivity index (χ3v) is 11.9. The van der Waals surface area contributed by atoms with E-state index < -0.39 is 6.10 Å². The number of hydrogen-bond acceptors (Lipinski definition) is 6. The SMILES string of the molecule is CC/C=C\C/C=C\C/C=C\C/C=C\C/C=C\C/C=C\CCCCC(=O)OC(COC(=O)CCCCCCCCCC)COC(=O)CCCCCCCCCCC/C=C\C/C=C\C/C=C\C/C=C\C/C=C\CC. The van der Waals surface area contributed by atoms with Gasteiger partial charge in [-0.05, 0) is 116 Å². The first kappa shape index (κ1) is 67.5. The molecule has 0 amide bonds. The Morgan fingerprint density at radius 1 is 0.292 bits per heavy atom. The summed E-state index contributed by atoms with van der Waals surface area (Å²) in [5.74, 6) is -0.959. The third kappa shape index (κ3) is 56.5. The summed E-state index contributed by atoms with van der Waals surface area (Å²) in [6.07, 6.45) is 83.2. The van der Waals surface area contributed by atoms with Gasteiger partial charge in [0.25, 0.3) is 0 Å². The molecular weight excluding hydrogens is 889 g/mol. The Morgan fingerprint density at radius 3 is 0.875 bits per heavy atom. The molecule has 0 aliphatic heterocycles. The van der Waals surface area contributed by atoms with Gasteiger partial charge >= 0.3 is 17.9 Å². The predicted octanol–water partition coefficient (Wildman–Crippen LogP) is 19.8. The number of carbonyl (C=O) groups excluding carboxylic acids is 3. The quantitative estimate of drug-likeness (QED) is 0.0261. The lowest BCUT2D eigenvalue weighted by Crippen LogP contribution is -2.30. The monoisotopic (exact) mass is 995 g/mol. The summed E-state index contributed by atoms with van der Waals surface area (Å²) in [5.41, 5.74) is 0. The Morgan fingerprint density at radius 2 is 0.542 bits per heavy atom. The summed E-state index contributed by atoms with van der Waals surface area (Å²) in [7, 11) is 0. The molecule has 0 aromatic rings. The van der Waals surface area contributed by atoms with Crippen molar-refractivity contribution in [2.45, 2.75) is 252 Å². The van der Waals surface area contributed by atoms with E-state index in [0.29, 0.717) is 19.3 Å². The fourth-order valence-electron chi connectivity index (χ4n) is 7.59. The fraction of sp³-hybridized carbons (Fsp3) is 0.621. The van der Waals surface area contributed by atoms with Crippen LogP contribution in [0.15, 0.2) is 134 Å². The highest BCUT2D eigenvalue weighted by Crippen LogP contribution is 2.14. The lowest BCUT2D eigenvalue weighted by Gasteiger charge is -2.18. The van der Waals surface area contributed by atoms with Crippen molar-refractivity contribution in [3.05, 3.63) is 134 Å². The van der Waals surface area contributed by atoms with E-state index in [9.17, 15) is 14.4 Å². The fourth-order valence-corrected chi connectivity index (χ4v) is 7.59. The molecule has 1 unspecified atom stereocenters. The zero-order valence-corrected chi connectivity index (χ0v) is 46.4. The van der Waals surface area contributed by atoms with E-state index in [1.807, 2.05) is 0 Å². The van der Waals surface area contributed by atoms with E-state index in [-0.39, 0.29) is 37.5 Å². The number of carbonyl (C=O) groups is 3. The second-order valence-electron chi connectivity index (χ2n) is 18.8. The van der Waals surface area contributed by atoms with Crippen LogP contribution in [0.25, 0.3) is 0 Å². The van der Waals surface area contributed by atoms with Crippen LogP contribution in [0, 0.1) is 0 Å². The summed E-state index contributed by atoms with van der Waals surface area (Å²) in [6.45, 7) is 6.33. The van der Waals surface area contributed by atoms with Crippen LogP contribution in [0.1, 0.15) is 245 Å². The highest BCUT2D eigenvalue weighted by molar-refractivity contribution is 5.71. The van der Waals surface area contributed by atoms with Gasteiger partial charge in [0, 0.05) is 19.3 Å². The summed E-state index contributed by atoms with van der Waals surface area (Å²) in [4.78, 5) is 38.0. The summed E-state index contributed by atoms with van der Waals surface area (Å²) in [6, 6.07) is 0. The molecule has 0 rings (SSSR count). The van der Waals surface area contributed by atoms with E-state index in [1.165, 1.54) is 70.6 Å². The maximum absolute atomic E-state index is 12.8. The zero-order chi connectivity index (χ0) is 52.2. The van der Waals surface area contributed by atoms with Gasteiger partial charge in [-0.3, -0.25) is 14.4 Å². The Hall–Kier alpha value is -4.45. The molecule has 6 heteroatoms. The molecule has 6 nitrogen and oxygen atoms in total. The number of esters is 3. The van der Waals surface area contributed by atoms with Crippen LogP contribution in [0.4, 0.5) is 0 Å². The van der Waals surface area contributed by atoms with Crippen molar-refractivity contribution in [2.24, 2.45) is 0 Å². The molecule has 0 radical (unpaired) electrons. The minimum Gasteiger partial charge on any atom is -0.462 e. The molecule has 406 valence electrons. The second-order valence-corrected chi connectivity index (χ2v) is 18.8. The maximum atomic E-state index is 12.8.